The summed E-state index contributed by atoms with van der Waals surface area (Å²) in [5, 5.41) is 7.91. The van der Waals surface area contributed by atoms with Gasteiger partial charge in [-0.15, -0.1) is 11.3 Å². The summed E-state index contributed by atoms with van der Waals surface area (Å²) in [5.41, 5.74) is 1.99. The second-order valence-corrected chi connectivity index (χ2v) is 7.49. The molecule has 0 atom stereocenters. The Morgan fingerprint density at radius 2 is 1.88 bits per heavy atom. The minimum Gasteiger partial charge on any atom is -0.369 e. The van der Waals surface area contributed by atoms with Crippen LogP contribution in [0.25, 0.3) is 10.1 Å². The lowest BCUT2D eigenvalue weighted by Crippen LogP contribution is -2.43. The van der Waals surface area contributed by atoms with Gasteiger partial charge in [-0.1, -0.05) is 17.7 Å². The Morgan fingerprint density at radius 1 is 1.12 bits per heavy atom. The zero-order chi connectivity index (χ0) is 17.2. The molecule has 25 heavy (non-hydrogen) atoms. The van der Waals surface area contributed by atoms with Crippen molar-refractivity contribution < 1.29 is 4.79 Å². The number of nitrogens with one attached hydrogen (secondary N) is 2. The Hall–Kier alpha value is -2.08. The quantitative estimate of drug-likeness (QED) is 0.724. The number of rotatable bonds is 3. The van der Waals surface area contributed by atoms with Gasteiger partial charge in [0.05, 0.1) is 4.88 Å². The predicted octanol–water partition coefficient (Wildman–Crippen LogP) is 4.22. The molecule has 0 radical (unpaired) electrons. The van der Waals surface area contributed by atoms with E-state index >= 15 is 0 Å². The van der Waals surface area contributed by atoms with E-state index in [0.717, 1.165) is 42.0 Å². The van der Waals surface area contributed by atoms with Crippen molar-refractivity contribution in [2.75, 3.05) is 36.4 Å². The van der Waals surface area contributed by atoms with Crippen LogP contribution in [0.5, 0.6) is 0 Å². The monoisotopic (exact) mass is 371 g/mol. The van der Waals surface area contributed by atoms with Crippen molar-refractivity contribution in [3.8, 4) is 0 Å². The van der Waals surface area contributed by atoms with E-state index in [2.05, 4.69) is 27.7 Å². The summed E-state index contributed by atoms with van der Waals surface area (Å²) in [5.74, 6) is -0.104. The van der Waals surface area contributed by atoms with Gasteiger partial charge in [0.25, 0.3) is 5.91 Å². The number of fused-ring (bicyclic) bond motifs is 1. The largest absolute Gasteiger partial charge is 0.369 e. The molecule has 6 heteroatoms. The van der Waals surface area contributed by atoms with Crippen LogP contribution in [0.3, 0.4) is 0 Å². The van der Waals surface area contributed by atoms with Gasteiger partial charge in [0.2, 0.25) is 0 Å². The third-order valence-corrected chi connectivity index (χ3v) is 5.77. The molecule has 0 unspecified atom stereocenters. The number of amides is 1. The molecule has 1 aromatic heterocycles. The number of carbonyl (C=O) groups is 1. The third-order valence-electron chi connectivity index (χ3n) is 4.34. The van der Waals surface area contributed by atoms with Crippen molar-refractivity contribution in [3.63, 3.8) is 0 Å². The first-order valence-electron chi connectivity index (χ1n) is 8.26. The van der Waals surface area contributed by atoms with E-state index in [-0.39, 0.29) is 5.91 Å². The van der Waals surface area contributed by atoms with E-state index in [0.29, 0.717) is 9.90 Å². The maximum atomic E-state index is 12.5. The highest BCUT2D eigenvalue weighted by molar-refractivity contribution is 7.21. The Bertz CT molecular complexity index is 901. The molecule has 0 bridgehead atoms. The molecular formula is C19H18ClN3OS. The zero-order valence-corrected chi connectivity index (χ0v) is 15.2. The zero-order valence-electron chi connectivity index (χ0n) is 13.6. The lowest BCUT2D eigenvalue weighted by molar-refractivity contribution is 0.103. The van der Waals surface area contributed by atoms with Crippen molar-refractivity contribution in [1.82, 2.24) is 5.32 Å². The minimum atomic E-state index is -0.104. The number of benzene rings is 2. The van der Waals surface area contributed by atoms with Crippen LogP contribution in [0.4, 0.5) is 11.4 Å². The first kappa shape index (κ1) is 16.4. The second kappa shape index (κ2) is 7.04. The van der Waals surface area contributed by atoms with Gasteiger partial charge in [-0.3, -0.25) is 4.79 Å². The van der Waals surface area contributed by atoms with Gasteiger partial charge in [-0.05, 0) is 42.5 Å². The first-order chi connectivity index (χ1) is 12.2. The number of halogens is 1. The van der Waals surface area contributed by atoms with Crippen molar-refractivity contribution >= 4 is 50.3 Å². The van der Waals surface area contributed by atoms with E-state index in [4.69, 9.17) is 11.6 Å². The summed E-state index contributed by atoms with van der Waals surface area (Å²) in [7, 11) is 0. The van der Waals surface area contributed by atoms with Gasteiger partial charge >= 0.3 is 0 Å². The smallest absolute Gasteiger partial charge is 0.265 e. The molecule has 128 valence electrons. The van der Waals surface area contributed by atoms with Crippen LogP contribution in [0, 0.1) is 0 Å². The second-order valence-electron chi connectivity index (χ2n) is 6.00. The molecule has 0 aliphatic carbocycles. The first-order valence-corrected chi connectivity index (χ1v) is 9.45. The van der Waals surface area contributed by atoms with E-state index in [1.165, 1.54) is 17.0 Å². The Kier molecular flexibility index (Phi) is 4.61. The van der Waals surface area contributed by atoms with Crippen LogP contribution in [-0.2, 0) is 0 Å². The molecular weight excluding hydrogens is 354 g/mol. The molecule has 0 saturated carbocycles. The molecule has 2 aromatic carbocycles. The minimum absolute atomic E-state index is 0.104. The van der Waals surface area contributed by atoms with Crippen LogP contribution < -0.4 is 15.5 Å². The molecule has 1 aliphatic rings. The normalized spacial score (nSPS) is 14.7. The summed E-state index contributed by atoms with van der Waals surface area (Å²) in [6.45, 7) is 4.03. The molecule has 0 spiro atoms. The molecule has 1 fully saturated rings. The molecule has 2 N–H and O–H groups in total. The lowest BCUT2D eigenvalue weighted by atomic mass is 10.2. The third kappa shape index (κ3) is 3.49. The highest BCUT2D eigenvalue weighted by Crippen LogP contribution is 2.31. The van der Waals surface area contributed by atoms with E-state index in [1.807, 2.05) is 36.4 Å². The summed E-state index contributed by atoms with van der Waals surface area (Å²) in [6.07, 6.45) is 0. The van der Waals surface area contributed by atoms with Crippen molar-refractivity contribution in [2.45, 2.75) is 0 Å². The Balaban J connectivity index is 1.49. The number of carbonyl (C=O) groups excluding carboxylic acids is 1. The molecule has 1 saturated heterocycles. The highest BCUT2D eigenvalue weighted by Gasteiger charge is 2.13. The number of hydrogen-bond acceptors (Lipinski definition) is 4. The molecule has 1 amide bonds. The number of hydrogen-bond donors (Lipinski definition) is 2. The lowest BCUT2D eigenvalue weighted by Gasteiger charge is -2.29. The van der Waals surface area contributed by atoms with E-state index < -0.39 is 0 Å². The summed E-state index contributed by atoms with van der Waals surface area (Å²) >= 11 is 7.65. The number of anilines is 2. The SMILES string of the molecule is O=C(Nc1ccc(N2CCNCC2)cc1)c1cc2c(Cl)cccc2s1. The van der Waals surface area contributed by atoms with Crippen LogP contribution in [0.1, 0.15) is 9.67 Å². The standard InChI is InChI=1S/C19H18ClN3OS/c20-16-2-1-3-17-15(16)12-18(25-17)19(24)22-13-4-6-14(7-5-13)23-10-8-21-9-11-23/h1-7,12,21H,8-11H2,(H,22,24). The van der Waals surface area contributed by atoms with Gasteiger partial charge in [0, 0.05) is 52.7 Å². The fourth-order valence-electron chi connectivity index (χ4n) is 3.01. The average molecular weight is 372 g/mol. The molecule has 4 nitrogen and oxygen atoms in total. The van der Waals surface area contributed by atoms with Crippen LogP contribution in [0.15, 0.2) is 48.5 Å². The molecule has 3 aromatic rings. The van der Waals surface area contributed by atoms with Crippen molar-refractivity contribution in [3.05, 3.63) is 58.4 Å². The van der Waals surface area contributed by atoms with Crippen LogP contribution >= 0.6 is 22.9 Å². The van der Waals surface area contributed by atoms with Crippen LogP contribution in [-0.4, -0.2) is 32.1 Å². The van der Waals surface area contributed by atoms with Crippen molar-refractivity contribution in [1.29, 1.82) is 0 Å². The Labute approximate surface area is 155 Å². The average Bonchev–Trinajstić information content (AvgIpc) is 3.09. The van der Waals surface area contributed by atoms with Gasteiger partial charge in [-0.25, -0.2) is 0 Å². The summed E-state index contributed by atoms with van der Waals surface area (Å²) in [4.78, 5) is 15.5. The number of piperazine rings is 1. The highest BCUT2D eigenvalue weighted by atomic mass is 35.5. The van der Waals surface area contributed by atoms with Crippen molar-refractivity contribution in [2.24, 2.45) is 0 Å². The fourth-order valence-corrected chi connectivity index (χ4v) is 4.28. The number of thiophene rings is 1. The summed E-state index contributed by atoms with van der Waals surface area (Å²) < 4.78 is 1.02. The topological polar surface area (TPSA) is 44.4 Å². The Morgan fingerprint density at radius 3 is 2.60 bits per heavy atom. The number of nitrogens with zero attached hydrogens (tertiary/aromatic N) is 1. The van der Waals surface area contributed by atoms with E-state index in [1.54, 1.807) is 0 Å². The predicted molar refractivity (Wildman–Crippen MR) is 106 cm³/mol. The fraction of sp³-hybridized carbons (Fsp3) is 0.211. The van der Waals surface area contributed by atoms with E-state index in [9.17, 15) is 4.79 Å². The van der Waals surface area contributed by atoms with Gasteiger partial charge in [-0.2, -0.15) is 0 Å². The molecule has 4 rings (SSSR count). The summed E-state index contributed by atoms with van der Waals surface area (Å²) in [6, 6.07) is 15.6. The van der Waals surface area contributed by atoms with Gasteiger partial charge in [0.1, 0.15) is 0 Å². The molecule has 2 heterocycles. The maximum absolute atomic E-state index is 12.5. The van der Waals surface area contributed by atoms with Gasteiger partial charge in [0.15, 0.2) is 0 Å². The van der Waals surface area contributed by atoms with Crippen LogP contribution in [0.2, 0.25) is 5.02 Å². The molecule has 1 aliphatic heterocycles. The van der Waals surface area contributed by atoms with Gasteiger partial charge < -0.3 is 15.5 Å². The maximum Gasteiger partial charge on any atom is 0.265 e.